The van der Waals surface area contributed by atoms with Crippen LogP contribution in [0.4, 0.5) is 0 Å². The van der Waals surface area contributed by atoms with E-state index in [2.05, 4.69) is 0 Å². The standard InChI is InChI=1S/C22H24N2O5/c25-20(23-27)16-6-7-17-15-24(10-13-29-19(17)14-16)21(26)22(8-11-28-12-9-22)18-4-2-1-3-5-18/h1-7,14,27H,8-13,15H2,(H,23,25). The molecule has 0 radical (unpaired) electrons. The van der Waals surface area contributed by atoms with Crippen molar-refractivity contribution in [2.75, 3.05) is 26.4 Å². The molecular weight excluding hydrogens is 372 g/mol. The van der Waals surface area contributed by atoms with Crippen molar-refractivity contribution in [3.63, 3.8) is 0 Å². The number of amides is 2. The number of carbonyl (C=O) groups excluding carboxylic acids is 2. The van der Waals surface area contributed by atoms with E-state index >= 15 is 0 Å². The van der Waals surface area contributed by atoms with Crippen molar-refractivity contribution in [1.29, 1.82) is 0 Å². The number of nitrogens with one attached hydrogen (secondary N) is 1. The average Bonchev–Trinajstić information content (AvgIpc) is 3.01. The first kappa shape index (κ1) is 19.4. The lowest BCUT2D eigenvalue weighted by Crippen LogP contribution is -2.50. The molecule has 0 atom stereocenters. The van der Waals surface area contributed by atoms with E-state index in [0.717, 1.165) is 11.1 Å². The first-order valence-electron chi connectivity index (χ1n) is 9.77. The quantitative estimate of drug-likeness (QED) is 0.614. The molecule has 4 rings (SSSR count). The Kier molecular flexibility index (Phi) is 5.51. The van der Waals surface area contributed by atoms with E-state index in [9.17, 15) is 9.59 Å². The zero-order valence-corrected chi connectivity index (χ0v) is 16.1. The third-order valence-corrected chi connectivity index (χ3v) is 5.78. The molecule has 2 amide bonds. The Morgan fingerprint density at radius 1 is 1.03 bits per heavy atom. The number of ether oxygens (including phenoxy) is 2. The van der Waals surface area contributed by atoms with Gasteiger partial charge in [-0.25, -0.2) is 5.48 Å². The van der Waals surface area contributed by atoms with Gasteiger partial charge in [-0.3, -0.25) is 14.8 Å². The van der Waals surface area contributed by atoms with Gasteiger partial charge in [0, 0.05) is 30.9 Å². The minimum atomic E-state index is -0.598. The van der Waals surface area contributed by atoms with Gasteiger partial charge in [-0.2, -0.15) is 0 Å². The molecule has 7 heteroatoms. The molecule has 0 aromatic heterocycles. The minimum Gasteiger partial charge on any atom is -0.491 e. The zero-order valence-electron chi connectivity index (χ0n) is 16.1. The van der Waals surface area contributed by atoms with Gasteiger partial charge in [0.1, 0.15) is 12.4 Å². The number of carbonyl (C=O) groups is 2. The van der Waals surface area contributed by atoms with E-state index in [4.69, 9.17) is 14.7 Å². The molecule has 2 aromatic rings. The summed E-state index contributed by atoms with van der Waals surface area (Å²) in [5.41, 5.74) is 3.19. The maximum Gasteiger partial charge on any atom is 0.274 e. The number of rotatable bonds is 3. The Hall–Kier alpha value is -2.90. The van der Waals surface area contributed by atoms with Crippen molar-refractivity contribution in [2.45, 2.75) is 24.8 Å². The van der Waals surface area contributed by atoms with Crippen LogP contribution >= 0.6 is 0 Å². The largest absolute Gasteiger partial charge is 0.491 e. The van der Waals surface area contributed by atoms with Crippen molar-refractivity contribution in [3.8, 4) is 5.75 Å². The molecule has 0 unspecified atom stereocenters. The van der Waals surface area contributed by atoms with Crippen molar-refractivity contribution in [2.24, 2.45) is 0 Å². The Labute approximate surface area is 169 Å². The summed E-state index contributed by atoms with van der Waals surface area (Å²) in [6.07, 6.45) is 1.30. The lowest BCUT2D eigenvalue weighted by Gasteiger charge is -2.39. The first-order chi connectivity index (χ1) is 14.1. The fraction of sp³-hybridized carbons (Fsp3) is 0.364. The van der Waals surface area contributed by atoms with Crippen LogP contribution in [-0.4, -0.2) is 48.3 Å². The third-order valence-electron chi connectivity index (χ3n) is 5.78. The second kappa shape index (κ2) is 8.23. The molecule has 2 N–H and O–H groups in total. The highest BCUT2D eigenvalue weighted by Crippen LogP contribution is 2.38. The molecular formula is C22H24N2O5. The van der Waals surface area contributed by atoms with Crippen molar-refractivity contribution in [3.05, 3.63) is 65.2 Å². The van der Waals surface area contributed by atoms with Crippen LogP contribution in [0.2, 0.25) is 0 Å². The van der Waals surface area contributed by atoms with Gasteiger partial charge in [0.05, 0.1) is 12.0 Å². The normalized spacial score (nSPS) is 18.2. The maximum absolute atomic E-state index is 13.8. The van der Waals surface area contributed by atoms with Gasteiger partial charge in [0.15, 0.2) is 0 Å². The molecule has 2 aromatic carbocycles. The third kappa shape index (κ3) is 3.71. The van der Waals surface area contributed by atoms with Crippen molar-refractivity contribution >= 4 is 11.8 Å². The predicted molar refractivity (Wildman–Crippen MR) is 105 cm³/mol. The second-order valence-corrected chi connectivity index (χ2v) is 7.40. The van der Waals surface area contributed by atoms with Crippen LogP contribution in [0.1, 0.15) is 34.3 Å². The van der Waals surface area contributed by atoms with Crippen LogP contribution in [0.3, 0.4) is 0 Å². The predicted octanol–water partition coefficient (Wildman–Crippen LogP) is 2.28. The highest BCUT2D eigenvalue weighted by Gasteiger charge is 2.44. The van der Waals surface area contributed by atoms with Gasteiger partial charge >= 0.3 is 0 Å². The Morgan fingerprint density at radius 2 is 1.79 bits per heavy atom. The SMILES string of the molecule is O=C(NO)c1ccc2c(c1)OCCN(C(=O)C1(c3ccccc3)CCOCC1)C2. The first-order valence-corrected chi connectivity index (χ1v) is 9.77. The molecule has 0 spiro atoms. The van der Waals surface area contributed by atoms with Gasteiger partial charge in [-0.05, 0) is 30.5 Å². The van der Waals surface area contributed by atoms with E-state index < -0.39 is 11.3 Å². The summed E-state index contributed by atoms with van der Waals surface area (Å²) in [5.74, 6) is 0.0431. The molecule has 2 aliphatic heterocycles. The summed E-state index contributed by atoms with van der Waals surface area (Å²) < 4.78 is 11.4. The fourth-order valence-corrected chi connectivity index (χ4v) is 4.15. The number of hydrogen-bond acceptors (Lipinski definition) is 5. The van der Waals surface area contributed by atoms with Gasteiger partial charge < -0.3 is 14.4 Å². The highest BCUT2D eigenvalue weighted by atomic mass is 16.5. The van der Waals surface area contributed by atoms with Crippen LogP contribution in [0.5, 0.6) is 5.75 Å². The number of hydroxylamine groups is 1. The molecule has 1 saturated heterocycles. The average molecular weight is 396 g/mol. The van der Waals surface area contributed by atoms with E-state index in [1.807, 2.05) is 35.2 Å². The highest BCUT2D eigenvalue weighted by molar-refractivity contribution is 5.94. The van der Waals surface area contributed by atoms with Crippen LogP contribution in [0.25, 0.3) is 0 Å². The summed E-state index contributed by atoms with van der Waals surface area (Å²) in [6.45, 7) is 2.32. The maximum atomic E-state index is 13.8. The lowest BCUT2D eigenvalue weighted by molar-refractivity contribution is -0.142. The van der Waals surface area contributed by atoms with Crippen LogP contribution in [0, 0.1) is 0 Å². The lowest BCUT2D eigenvalue weighted by atomic mass is 9.73. The second-order valence-electron chi connectivity index (χ2n) is 7.40. The molecule has 1 fully saturated rings. The summed E-state index contributed by atoms with van der Waals surface area (Å²) >= 11 is 0. The van der Waals surface area contributed by atoms with Gasteiger partial charge in [0.25, 0.3) is 5.91 Å². The Bertz CT molecular complexity index is 893. The smallest absolute Gasteiger partial charge is 0.274 e. The minimum absolute atomic E-state index is 0.0839. The van der Waals surface area contributed by atoms with Crippen molar-refractivity contribution < 1.29 is 24.3 Å². The molecule has 0 aliphatic carbocycles. The van der Waals surface area contributed by atoms with Crippen LogP contribution < -0.4 is 10.2 Å². The molecule has 0 bridgehead atoms. The number of fused-ring (bicyclic) bond motifs is 1. The molecule has 29 heavy (non-hydrogen) atoms. The molecule has 2 heterocycles. The van der Waals surface area contributed by atoms with E-state index in [1.165, 1.54) is 0 Å². The molecule has 0 saturated carbocycles. The monoisotopic (exact) mass is 396 g/mol. The summed E-state index contributed by atoms with van der Waals surface area (Å²) in [4.78, 5) is 27.3. The Balaban J connectivity index is 1.63. The summed E-state index contributed by atoms with van der Waals surface area (Å²) in [7, 11) is 0. The Morgan fingerprint density at radius 3 is 2.52 bits per heavy atom. The van der Waals surface area contributed by atoms with Crippen LogP contribution in [0.15, 0.2) is 48.5 Å². The summed E-state index contributed by atoms with van der Waals surface area (Å²) in [5, 5.41) is 8.84. The van der Waals surface area contributed by atoms with Crippen LogP contribution in [-0.2, 0) is 21.5 Å². The van der Waals surface area contributed by atoms with E-state index in [0.29, 0.717) is 57.1 Å². The summed E-state index contributed by atoms with van der Waals surface area (Å²) in [6, 6.07) is 14.9. The van der Waals surface area contributed by atoms with Gasteiger partial charge in [-0.1, -0.05) is 36.4 Å². The number of benzene rings is 2. The van der Waals surface area contributed by atoms with Gasteiger partial charge in [-0.15, -0.1) is 0 Å². The van der Waals surface area contributed by atoms with E-state index in [-0.39, 0.29) is 5.91 Å². The molecule has 7 nitrogen and oxygen atoms in total. The van der Waals surface area contributed by atoms with E-state index in [1.54, 1.807) is 23.7 Å². The molecule has 2 aliphatic rings. The topological polar surface area (TPSA) is 88.1 Å². The van der Waals surface area contributed by atoms with Crippen molar-refractivity contribution in [1.82, 2.24) is 10.4 Å². The zero-order chi connectivity index (χ0) is 20.3. The fourth-order valence-electron chi connectivity index (χ4n) is 4.15. The molecule has 152 valence electrons. The number of hydrogen-bond donors (Lipinski definition) is 2. The van der Waals surface area contributed by atoms with Gasteiger partial charge in [0.2, 0.25) is 5.91 Å². The number of nitrogens with zero attached hydrogens (tertiary/aromatic N) is 1.